The van der Waals surface area contributed by atoms with Gasteiger partial charge in [0.05, 0.1) is 23.8 Å². The van der Waals surface area contributed by atoms with Crippen molar-refractivity contribution >= 4 is 22.7 Å². The van der Waals surface area contributed by atoms with Crippen LogP contribution in [-0.4, -0.2) is 18.6 Å². The lowest BCUT2D eigenvalue weighted by Gasteiger charge is -2.06. The highest BCUT2D eigenvalue weighted by Gasteiger charge is 1.96. The summed E-state index contributed by atoms with van der Waals surface area (Å²) in [7, 11) is 1.90. The average Bonchev–Trinajstić information content (AvgIpc) is 2.82. The van der Waals surface area contributed by atoms with Crippen LogP contribution < -0.4 is 10.6 Å². The topological polar surface area (TPSA) is 37.0 Å². The summed E-state index contributed by atoms with van der Waals surface area (Å²) in [5.74, 6) is 0. The van der Waals surface area contributed by atoms with E-state index in [-0.39, 0.29) is 0 Å². The molecule has 0 atom stereocenters. The summed E-state index contributed by atoms with van der Waals surface area (Å²) in [5.41, 5.74) is 2.09. The summed E-state index contributed by atoms with van der Waals surface area (Å²) >= 11 is 1.80. The highest BCUT2D eigenvalue weighted by Crippen LogP contribution is 2.13. The predicted molar refractivity (Wildman–Crippen MR) is 70.3 cm³/mol. The van der Waals surface area contributed by atoms with Crippen molar-refractivity contribution < 1.29 is 0 Å². The summed E-state index contributed by atoms with van der Waals surface area (Å²) in [5, 5.41) is 8.54. The highest BCUT2D eigenvalue weighted by atomic mass is 32.1. The van der Waals surface area contributed by atoms with Crippen molar-refractivity contribution in [2.45, 2.75) is 6.42 Å². The lowest BCUT2D eigenvalue weighted by atomic mass is 10.3. The maximum Gasteiger partial charge on any atom is 0.0547 e. The van der Waals surface area contributed by atoms with Crippen molar-refractivity contribution in [3.05, 3.63) is 40.8 Å². The van der Waals surface area contributed by atoms with Gasteiger partial charge in [-0.1, -0.05) is 6.07 Å². The molecule has 0 aliphatic rings. The Labute approximate surface area is 99.5 Å². The standard InChI is InChI=1S/C12H15N3S/c1-13-10-7-11(9-14-8-10)15-5-4-12-3-2-6-16-12/h2-3,6-9,13,15H,4-5H2,1H3. The number of pyridine rings is 1. The van der Waals surface area contributed by atoms with Crippen LogP contribution in [0.15, 0.2) is 36.0 Å². The van der Waals surface area contributed by atoms with Crippen LogP contribution in [-0.2, 0) is 6.42 Å². The van der Waals surface area contributed by atoms with Crippen LogP contribution in [0.1, 0.15) is 4.88 Å². The SMILES string of the molecule is CNc1cncc(NCCc2cccs2)c1. The minimum Gasteiger partial charge on any atom is -0.387 e. The van der Waals surface area contributed by atoms with Crippen molar-refractivity contribution in [1.82, 2.24) is 4.98 Å². The molecule has 0 radical (unpaired) electrons. The van der Waals surface area contributed by atoms with Gasteiger partial charge in [0.15, 0.2) is 0 Å². The molecule has 0 amide bonds. The molecule has 84 valence electrons. The van der Waals surface area contributed by atoms with Crippen molar-refractivity contribution in [2.24, 2.45) is 0 Å². The number of aromatic nitrogens is 1. The lowest BCUT2D eigenvalue weighted by Crippen LogP contribution is -2.04. The number of hydrogen-bond donors (Lipinski definition) is 2. The second-order valence-electron chi connectivity index (χ2n) is 3.47. The Hall–Kier alpha value is -1.55. The monoisotopic (exact) mass is 233 g/mol. The highest BCUT2D eigenvalue weighted by molar-refractivity contribution is 7.09. The Morgan fingerprint density at radius 2 is 2.19 bits per heavy atom. The largest absolute Gasteiger partial charge is 0.387 e. The molecule has 2 rings (SSSR count). The minimum absolute atomic E-state index is 0.940. The van der Waals surface area contributed by atoms with Crippen LogP contribution in [0.3, 0.4) is 0 Å². The van der Waals surface area contributed by atoms with Crippen LogP contribution in [0.5, 0.6) is 0 Å². The summed E-state index contributed by atoms with van der Waals surface area (Å²) in [6.45, 7) is 0.940. The molecule has 0 saturated carbocycles. The molecule has 0 fully saturated rings. The van der Waals surface area contributed by atoms with Gasteiger partial charge in [-0.2, -0.15) is 0 Å². The van der Waals surface area contributed by atoms with Gasteiger partial charge in [0.1, 0.15) is 0 Å². The summed E-state index contributed by atoms with van der Waals surface area (Å²) in [4.78, 5) is 5.56. The van der Waals surface area contributed by atoms with Crippen molar-refractivity contribution in [2.75, 3.05) is 24.2 Å². The van der Waals surface area contributed by atoms with Gasteiger partial charge < -0.3 is 10.6 Å². The fourth-order valence-electron chi connectivity index (χ4n) is 1.46. The summed E-state index contributed by atoms with van der Waals surface area (Å²) < 4.78 is 0. The molecule has 4 heteroatoms. The minimum atomic E-state index is 0.940. The molecule has 2 aromatic heterocycles. The number of nitrogens with one attached hydrogen (secondary N) is 2. The smallest absolute Gasteiger partial charge is 0.0547 e. The van der Waals surface area contributed by atoms with Gasteiger partial charge in [0.25, 0.3) is 0 Å². The molecule has 0 aliphatic heterocycles. The zero-order valence-electron chi connectivity index (χ0n) is 9.23. The molecule has 2 heterocycles. The zero-order chi connectivity index (χ0) is 11.2. The molecule has 2 aromatic rings. The molecule has 3 nitrogen and oxygen atoms in total. The first-order chi connectivity index (χ1) is 7.88. The second-order valence-corrected chi connectivity index (χ2v) is 4.50. The van der Waals surface area contributed by atoms with Gasteiger partial charge >= 0.3 is 0 Å². The maximum atomic E-state index is 4.15. The van der Waals surface area contributed by atoms with Gasteiger partial charge in [0, 0.05) is 18.5 Å². The van der Waals surface area contributed by atoms with E-state index in [1.165, 1.54) is 4.88 Å². The van der Waals surface area contributed by atoms with E-state index in [0.717, 1.165) is 24.3 Å². The van der Waals surface area contributed by atoms with Crippen molar-refractivity contribution in [3.8, 4) is 0 Å². The van der Waals surface area contributed by atoms with E-state index in [1.807, 2.05) is 19.4 Å². The first-order valence-electron chi connectivity index (χ1n) is 5.27. The Bertz CT molecular complexity index is 426. The van der Waals surface area contributed by atoms with Gasteiger partial charge in [-0.25, -0.2) is 0 Å². The molecular weight excluding hydrogens is 218 g/mol. The van der Waals surface area contributed by atoms with E-state index >= 15 is 0 Å². The molecule has 0 aliphatic carbocycles. The normalized spacial score (nSPS) is 10.1. The molecule has 0 spiro atoms. The molecular formula is C12H15N3S. The quantitative estimate of drug-likeness (QED) is 0.834. The molecule has 16 heavy (non-hydrogen) atoms. The first kappa shape index (κ1) is 11.0. The molecule has 0 saturated heterocycles. The van der Waals surface area contributed by atoms with E-state index < -0.39 is 0 Å². The molecule has 0 unspecified atom stereocenters. The Morgan fingerprint density at radius 3 is 2.94 bits per heavy atom. The fraction of sp³-hybridized carbons (Fsp3) is 0.250. The van der Waals surface area contributed by atoms with Gasteiger partial charge in [-0.05, 0) is 23.9 Å². The average molecular weight is 233 g/mol. The van der Waals surface area contributed by atoms with E-state index in [9.17, 15) is 0 Å². The Morgan fingerprint density at radius 1 is 1.31 bits per heavy atom. The first-order valence-corrected chi connectivity index (χ1v) is 6.15. The van der Waals surface area contributed by atoms with Crippen molar-refractivity contribution in [1.29, 1.82) is 0 Å². The maximum absolute atomic E-state index is 4.15. The van der Waals surface area contributed by atoms with Crippen LogP contribution in [0.2, 0.25) is 0 Å². The Kier molecular flexibility index (Phi) is 3.77. The third-order valence-corrected chi connectivity index (χ3v) is 3.24. The molecule has 0 aromatic carbocycles. The Balaban J connectivity index is 1.85. The van der Waals surface area contributed by atoms with E-state index in [0.29, 0.717) is 0 Å². The van der Waals surface area contributed by atoms with Gasteiger partial charge in [-0.3, -0.25) is 4.98 Å². The second kappa shape index (κ2) is 5.51. The van der Waals surface area contributed by atoms with E-state index in [4.69, 9.17) is 0 Å². The van der Waals surface area contributed by atoms with Crippen LogP contribution in [0.4, 0.5) is 11.4 Å². The number of anilines is 2. The third kappa shape index (κ3) is 2.97. The fourth-order valence-corrected chi connectivity index (χ4v) is 2.17. The van der Waals surface area contributed by atoms with E-state index in [1.54, 1.807) is 11.3 Å². The third-order valence-electron chi connectivity index (χ3n) is 2.31. The number of thiophene rings is 1. The number of hydrogen-bond acceptors (Lipinski definition) is 4. The van der Waals surface area contributed by atoms with Crippen LogP contribution in [0.25, 0.3) is 0 Å². The van der Waals surface area contributed by atoms with Gasteiger partial charge in [-0.15, -0.1) is 11.3 Å². The summed E-state index contributed by atoms with van der Waals surface area (Å²) in [6.07, 6.45) is 4.71. The number of nitrogens with zero attached hydrogens (tertiary/aromatic N) is 1. The van der Waals surface area contributed by atoms with Crippen LogP contribution in [0, 0.1) is 0 Å². The summed E-state index contributed by atoms with van der Waals surface area (Å²) in [6, 6.07) is 6.30. The number of rotatable bonds is 5. The van der Waals surface area contributed by atoms with Gasteiger partial charge in [0.2, 0.25) is 0 Å². The zero-order valence-corrected chi connectivity index (χ0v) is 10.1. The predicted octanol–water partition coefficient (Wildman–Crippen LogP) is 2.84. The molecule has 0 bridgehead atoms. The van der Waals surface area contributed by atoms with Crippen molar-refractivity contribution in [3.63, 3.8) is 0 Å². The van der Waals surface area contributed by atoms with E-state index in [2.05, 4.69) is 39.2 Å². The molecule has 2 N–H and O–H groups in total. The lowest BCUT2D eigenvalue weighted by molar-refractivity contribution is 1.04. The van der Waals surface area contributed by atoms with Crippen LogP contribution >= 0.6 is 11.3 Å².